The van der Waals surface area contributed by atoms with Gasteiger partial charge in [-0.3, -0.25) is 4.90 Å². The van der Waals surface area contributed by atoms with Crippen molar-refractivity contribution in [3.8, 4) is 11.5 Å². The molecular formula is C14H17F3N2O2. The summed E-state index contributed by atoms with van der Waals surface area (Å²) in [5, 5.41) is 3.35. The maximum atomic E-state index is 12.3. The van der Waals surface area contributed by atoms with Crippen LogP contribution in [0.5, 0.6) is 11.5 Å². The van der Waals surface area contributed by atoms with E-state index in [1.165, 1.54) is 4.90 Å². The molecule has 0 radical (unpaired) electrons. The maximum Gasteiger partial charge on any atom is 0.401 e. The summed E-state index contributed by atoms with van der Waals surface area (Å²) in [4.78, 5) is 1.46. The zero-order valence-corrected chi connectivity index (χ0v) is 11.4. The first-order valence-electron chi connectivity index (χ1n) is 6.95. The van der Waals surface area contributed by atoms with Crippen molar-refractivity contribution >= 4 is 5.69 Å². The minimum absolute atomic E-state index is 0.190. The highest BCUT2D eigenvalue weighted by Gasteiger charge is 2.32. The predicted molar refractivity (Wildman–Crippen MR) is 71.7 cm³/mol. The predicted octanol–water partition coefficient (Wildman–Crippen LogP) is 2.85. The van der Waals surface area contributed by atoms with Gasteiger partial charge in [-0.05, 0) is 25.0 Å². The normalized spacial score (nSPS) is 19.8. The van der Waals surface area contributed by atoms with E-state index in [1.54, 1.807) is 0 Å². The van der Waals surface area contributed by atoms with Gasteiger partial charge in [0, 0.05) is 30.9 Å². The molecule has 21 heavy (non-hydrogen) atoms. The summed E-state index contributed by atoms with van der Waals surface area (Å²) in [7, 11) is 0. The van der Waals surface area contributed by atoms with Crippen LogP contribution < -0.4 is 14.8 Å². The van der Waals surface area contributed by atoms with E-state index in [9.17, 15) is 13.2 Å². The average Bonchev–Trinajstić information content (AvgIpc) is 2.87. The number of nitrogens with one attached hydrogen (secondary N) is 1. The summed E-state index contributed by atoms with van der Waals surface area (Å²) < 4.78 is 47.5. The third-order valence-corrected chi connectivity index (χ3v) is 3.73. The molecular weight excluding hydrogens is 285 g/mol. The van der Waals surface area contributed by atoms with E-state index in [0.29, 0.717) is 31.7 Å². The monoisotopic (exact) mass is 302 g/mol. The van der Waals surface area contributed by atoms with Crippen molar-refractivity contribution in [1.29, 1.82) is 0 Å². The fourth-order valence-corrected chi connectivity index (χ4v) is 2.71. The molecule has 0 bridgehead atoms. The molecule has 0 atom stereocenters. The number of alkyl halides is 3. The second-order valence-corrected chi connectivity index (χ2v) is 5.38. The third-order valence-electron chi connectivity index (χ3n) is 3.73. The smallest absolute Gasteiger partial charge is 0.401 e. The lowest BCUT2D eigenvalue weighted by atomic mass is 10.0. The number of anilines is 1. The highest BCUT2D eigenvalue weighted by atomic mass is 19.4. The Balaban J connectivity index is 1.51. The largest absolute Gasteiger partial charge is 0.454 e. The molecule has 2 aliphatic heterocycles. The van der Waals surface area contributed by atoms with E-state index >= 15 is 0 Å². The summed E-state index contributed by atoms with van der Waals surface area (Å²) in [6.07, 6.45) is -2.72. The van der Waals surface area contributed by atoms with Gasteiger partial charge < -0.3 is 14.8 Å². The first kappa shape index (κ1) is 14.3. The fourth-order valence-electron chi connectivity index (χ4n) is 2.71. The van der Waals surface area contributed by atoms with Gasteiger partial charge >= 0.3 is 6.18 Å². The Morgan fingerprint density at radius 3 is 2.57 bits per heavy atom. The van der Waals surface area contributed by atoms with Crippen LogP contribution in [0.3, 0.4) is 0 Å². The van der Waals surface area contributed by atoms with Crippen molar-refractivity contribution in [2.75, 3.05) is 31.7 Å². The topological polar surface area (TPSA) is 33.7 Å². The molecule has 4 nitrogen and oxygen atoms in total. The van der Waals surface area contributed by atoms with E-state index in [1.807, 2.05) is 18.2 Å². The number of likely N-dealkylation sites (tertiary alicyclic amines) is 1. The highest BCUT2D eigenvalue weighted by molar-refractivity contribution is 5.56. The minimum Gasteiger partial charge on any atom is -0.454 e. The van der Waals surface area contributed by atoms with Crippen molar-refractivity contribution in [3.63, 3.8) is 0 Å². The molecule has 2 heterocycles. The van der Waals surface area contributed by atoms with Crippen molar-refractivity contribution in [2.24, 2.45) is 0 Å². The Morgan fingerprint density at radius 2 is 1.86 bits per heavy atom. The van der Waals surface area contributed by atoms with Gasteiger partial charge in [0.05, 0.1) is 6.54 Å². The van der Waals surface area contributed by atoms with Crippen LogP contribution in [0.15, 0.2) is 18.2 Å². The number of piperidine rings is 1. The maximum absolute atomic E-state index is 12.3. The van der Waals surface area contributed by atoms with E-state index < -0.39 is 12.7 Å². The molecule has 116 valence electrons. The van der Waals surface area contributed by atoms with Gasteiger partial charge in [0.2, 0.25) is 6.79 Å². The van der Waals surface area contributed by atoms with Crippen LogP contribution in [0.4, 0.5) is 18.9 Å². The van der Waals surface area contributed by atoms with E-state index in [0.717, 1.165) is 11.4 Å². The minimum atomic E-state index is -4.11. The fraction of sp³-hybridized carbons (Fsp3) is 0.571. The average molecular weight is 302 g/mol. The van der Waals surface area contributed by atoms with Gasteiger partial charge in [-0.25, -0.2) is 0 Å². The summed E-state index contributed by atoms with van der Waals surface area (Å²) in [5.41, 5.74) is 0.911. The molecule has 0 aromatic heterocycles. The number of nitrogens with zero attached hydrogens (tertiary/aromatic N) is 1. The van der Waals surface area contributed by atoms with Crippen LogP contribution in [0.2, 0.25) is 0 Å². The summed E-state index contributed by atoms with van der Waals surface area (Å²) in [5.74, 6) is 1.43. The molecule has 1 aromatic carbocycles. The lowest BCUT2D eigenvalue weighted by Gasteiger charge is -2.33. The van der Waals surface area contributed by atoms with E-state index in [2.05, 4.69) is 5.32 Å². The number of rotatable bonds is 3. The number of ether oxygens (including phenoxy) is 2. The Kier molecular flexibility index (Phi) is 3.84. The van der Waals surface area contributed by atoms with Gasteiger partial charge in [-0.2, -0.15) is 13.2 Å². The van der Waals surface area contributed by atoms with Gasteiger partial charge in [0.1, 0.15) is 0 Å². The van der Waals surface area contributed by atoms with Crippen molar-refractivity contribution in [1.82, 2.24) is 4.90 Å². The van der Waals surface area contributed by atoms with E-state index in [-0.39, 0.29) is 12.8 Å². The number of hydrogen-bond donors (Lipinski definition) is 1. The van der Waals surface area contributed by atoms with Crippen LogP contribution in [-0.2, 0) is 0 Å². The van der Waals surface area contributed by atoms with Gasteiger partial charge in [-0.15, -0.1) is 0 Å². The molecule has 1 N–H and O–H groups in total. The van der Waals surface area contributed by atoms with E-state index in [4.69, 9.17) is 9.47 Å². The SMILES string of the molecule is FC(F)(F)CN1CCC(Nc2ccc3c(c2)OCO3)CC1. The molecule has 0 unspecified atom stereocenters. The molecule has 0 spiro atoms. The quantitative estimate of drug-likeness (QED) is 0.931. The Labute approximate surface area is 120 Å². The lowest BCUT2D eigenvalue weighted by molar-refractivity contribution is -0.147. The number of hydrogen-bond acceptors (Lipinski definition) is 4. The van der Waals surface area contributed by atoms with Crippen LogP contribution in [0, 0.1) is 0 Å². The summed E-state index contributed by atoms with van der Waals surface area (Å²) >= 11 is 0. The Hall–Kier alpha value is -1.63. The zero-order chi connectivity index (χ0) is 14.9. The molecule has 1 saturated heterocycles. The van der Waals surface area contributed by atoms with Gasteiger partial charge in [-0.1, -0.05) is 0 Å². The molecule has 3 rings (SSSR count). The zero-order valence-electron chi connectivity index (χ0n) is 11.4. The molecule has 0 saturated carbocycles. The number of fused-ring (bicyclic) bond motifs is 1. The number of halogens is 3. The summed E-state index contributed by atoms with van der Waals surface area (Å²) in [6.45, 7) is 0.335. The van der Waals surface area contributed by atoms with Crippen LogP contribution in [0.1, 0.15) is 12.8 Å². The molecule has 0 amide bonds. The molecule has 1 aromatic rings. The van der Waals surface area contributed by atoms with Crippen LogP contribution >= 0.6 is 0 Å². The lowest BCUT2D eigenvalue weighted by Crippen LogP contribution is -2.43. The van der Waals surface area contributed by atoms with Crippen molar-refractivity contribution in [3.05, 3.63) is 18.2 Å². The Bertz CT molecular complexity index is 499. The van der Waals surface area contributed by atoms with Crippen LogP contribution in [-0.4, -0.2) is 43.5 Å². The molecule has 2 aliphatic rings. The first-order valence-corrected chi connectivity index (χ1v) is 6.95. The van der Waals surface area contributed by atoms with Crippen LogP contribution in [0.25, 0.3) is 0 Å². The molecule has 0 aliphatic carbocycles. The first-order chi connectivity index (χ1) is 9.99. The van der Waals surface area contributed by atoms with Crippen molar-refractivity contribution < 1.29 is 22.6 Å². The molecule has 1 fully saturated rings. The summed E-state index contributed by atoms with van der Waals surface area (Å²) in [6, 6.07) is 5.79. The second kappa shape index (κ2) is 5.63. The standard InChI is InChI=1S/C14H17F3N2O2/c15-14(16,17)8-19-5-3-10(4-6-19)18-11-1-2-12-13(7-11)21-9-20-12/h1-2,7,10,18H,3-6,8-9H2. The van der Waals surface area contributed by atoms with Gasteiger partial charge in [0.15, 0.2) is 11.5 Å². The molecule has 7 heteroatoms. The number of benzene rings is 1. The Morgan fingerprint density at radius 1 is 1.14 bits per heavy atom. The second-order valence-electron chi connectivity index (χ2n) is 5.38. The third kappa shape index (κ3) is 3.72. The van der Waals surface area contributed by atoms with Gasteiger partial charge in [0.25, 0.3) is 0 Å². The highest BCUT2D eigenvalue weighted by Crippen LogP contribution is 2.34. The van der Waals surface area contributed by atoms with Crippen molar-refractivity contribution in [2.45, 2.75) is 25.1 Å².